The van der Waals surface area contributed by atoms with E-state index < -0.39 is 0 Å². The standard InChI is InChI=1S/C22H28N4O2/c1-2-18-8-10-20(11-9-18)24-22(28)17-26-14-12-25(13-15-26)16-21(27)23-19-6-4-3-5-7-19/h3-11H,2,12-17H2,1H3,(H,23,27)(H,24,28). The van der Waals surface area contributed by atoms with Gasteiger partial charge in [0.1, 0.15) is 0 Å². The fourth-order valence-electron chi connectivity index (χ4n) is 3.26. The zero-order valence-corrected chi connectivity index (χ0v) is 16.4. The number of carbonyl (C=O) groups excluding carboxylic acids is 2. The maximum Gasteiger partial charge on any atom is 0.238 e. The summed E-state index contributed by atoms with van der Waals surface area (Å²) < 4.78 is 0. The maximum absolute atomic E-state index is 12.3. The number of benzene rings is 2. The number of carbonyl (C=O) groups is 2. The van der Waals surface area contributed by atoms with Crippen LogP contribution in [0.1, 0.15) is 12.5 Å². The highest BCUT2D eigenvalue weighted by Gasteiger charge is 2.20. The van der Waals surface area contributed by atoms with Crippen LogP contribution in [0.2, 0.25) is 0 Å². The molecule has 2 N–H and O–H groups in total. The van der Waals surface area contributed by atoms with Crippen molar-refractivity contribution in [3.63, 3.8) is 0 Å². The third-order valence-corrected chi connectivity index (χ3v) is 4.90. The Morgan fingerprint density at radius 3 is 1.68 bits per heavy atom. The fourth-order valence-corrected chi connectivity index (χ4v) is 3.26. The molecule has 0 bridgehead atoms. The van der Waals surface area contributed by atoms with E-state index in [2.05, 4.69) is 27.4 Å². The molecule has 0 unspecified atom stereocenters. The third-order valence-electron chi connectivity index (χ3n) is 4.90. The fraction of sp³-hybridized carbons (Fsp3) is 0.364. The molecule has 1 aliphatic rings. The average molecular weight is 380 g/mol. The summed E-state index contributed by atoms with van der Waals surface area (Å²) >= 11 is 0. The van der Waals surface area contributed by atoms with Crippen LogP contribution in [-0.2, 0) is 16.0 Å². The summed E-state index contributed by atoms with van der Waals surface area (Å²) in [5.41, 5.74) is 2.90. The summed E-state index contributed by atoms with van der Waals surface area (Å²) in [6.07, 6.45) is 0.988. The first-order valence-corrected chi connectivity index (χ1v) is 9.81. The molecule has 1 aliphatic heterocycles. The number of amides is 2. The number of nitrogens with one attached hydrogen (secondary N) is 2. The lowest BCUT2D eigenvalue weighted by Crippen LogP contribution is -2.50. The predicted octanol–water partition coefficient (Wildman–Crippen LogP) is 2.44. The van der Waals surface area contributed by atoms with Crippen LogP contribution in [0.3, 0.4) is 0 Å². The molecule has 0 aliphatic carbocycles. The van der Waals surface area contributed by atoms with E-state index in [0.29, 0.717) is 13.1 Å². The molecule has 0 spiro atoms. The zero-order chi connectivity index (χ0) is 19.8. The molecular weight excluding hydrogens is 352 g/mol. The van der Waals surface area contributed by atoms with Gasteiger partial charge in [0.2, 0.25) is 11.8 Å². The number of piperazine rings is 1. The molecule has 0 radical (unpaired) electrons. The average Bonchev–Trinajstić information content (AvgIpc) is 2.71. The Morgan fingerprint density at radius 1 is 0.750 bits per heavy atom. The molecule has 6 heteroatoms. The molecule has 3 rings (SSSR count). The van der Waals surface area contributed by atoms with Gasteiger partial charge in [-0.2, -0.15) is 0 Å². The summed E-state index contributed by atoms with van der Waals surface area (Å²) in [7, 11) is 0. The van der Waals surface area contributed by atoms with E-state index in [1.54, 1.807) is 0 Å². The lowest BCUT2D eigenvalue weighted by molar-refractivity contribution is -0.120. The molecule has 2 aromatic rings. The van der Waals surface area contributed by atoms with E-state index in [-0.39, 0.29) is 11.8 Å². The van der Waals surface area contributed by atoms with Gasteiger partial charge in [-0.15, -0.1) is 0 Å². The van der Waals surface area contributed by atoms with Crippen molar-refractivity contribution in [2.75, 3.05) is 49.9 Å². The number of hydrogen-bond donors (Lipinski definition) is 2. The van der Waals surface area contributed by atoms with Crippen molar-refractivity contribution in [2.24, 2.45) is 0 Å². The number of rotatable bonds is 7. The van der Waals surface area contributed by atoms with Gasteiger partial charge < -0.3 is 10.6 Å². The van der Waals surface area contributed by atoms with Gasteiger partial charge in [-0.3, -0.25) is 19.4 Å². The van der Waals surface area contributed by atoms with Crippen LogP contribution in [0, 0.1) is 0 Å². The molecule has 2 aromatic carbocycles. The van der Waals surface area contributed by atoms with E-state index in [9.17, 15) is 9.59 Å². The Bertz CT molecular complexity index is 769. The highest BCUT2D eigenvalue weighted by atomic mass is 16.2. The van der Waals surface area contributed by atoms with Gasteiger partial charge in [-0.25, -0.2) is 0 Å². The second-order valence-electron chi connectivity index (χ2n) is 7.07. The largest absolute Gasteiger partial charge is 0.325 e. The number of para-hydroxylation sites is 1. The van der Waals surface area contributed by atoms with Crippen molar-refractivity contribution in [2.45, 2.75) is 13.3 Å². The summed E-state index contributed by atoms with van der Waals surface area (Å²) in [5.74, 6) is -0.00700. The van der Waals surface area contributed by atoms with Gasteiger partial charge >= 0.3 is 0 Å². The van der Waals surface area contributed by atoms with Crippen LogP contribution in [-0.4, -0.2) is 60.9 Å². The molecule has 1 heterocycles. The van der Waals surface area contributed by atoms with Crippen molar-refractivity contribution < 1.29 is 9.59 Å². The van der Waals surface area contributed by atoms with Gasteiger partial charge in [-0.1, -0.05) is 37.3 Å². The minimum absolute atomic E-state index is 0.000445. The predicted molar refractivity (Wildman–Crippen MR) is 112 cm³/mol. The highest BCUT2D eigenvalue weighted by Crippen LogP contribution is 2.11. The third kappa shape index (κ3) is 6.18. The second kappa shape index (κ2) is 10.0. The quantitative estimate of drug-likeness (QED) is 0.774. The first-order valence-electron chi connectivity index (χ1n) is 9.81. The van der Waals surface area contributed by atoms with E-state index in [1.807, 2.05) is 54.6 Å². The lowest BCUT2D eigenvalue weighted by atomic mass is 10.1. The first-order chi connectivity index (χ1) is 13.6. The lowest BCUT2D eigenvalue weighted by Gasteiger charge is -2.33. The van der Waals surface area contributed by atoms with Gasteiger partial charge in [0.15, 0.2) is 0 Å². The highest BCUT2D eigenvalue weighted by molar-refractivity contribution is 5.92. The number of aryl methyl sites for hydroxylation is 1. The molecule has 2 amide bonds. The monoisotopic (exact) mass is 380 g/mol. The van der Waals surface area contributed by atoms with Crippen molar-refractivity contribution in [1.29, 1.82) is 0 Å². The molecule has 28 heavy (non-hydrogen) atoms. The first kappa shape index (κ1) is 20.0. The molecule has 1 saturated heterocycles. The van der Waals surface area contributed by atoms with E-state index in [0.717, 1.165) is 44.0 Å². The topological polar surface area (TPSA) is 64.7 Å². The second-order valence-corrected chi connectivity index (χ2v) is 7.07. The van der Waals surface area contributed by atoms with Crippen LogP contribution in [0.25, 0.3) is 0 Å². The molecular formula is C22H28N4O2. The molecule has 148 valence electrons. The molecule has 1 fully saturated rings. The van der Waals surface area contributed by atoms with Crippen LogP contribution in [0.5, 0.6) is 0 Å². The number of anilines is 2. The van der Waals surface area contributed by atoms with Crippen LogP contribution in [0.15, 0.2) is 54.6 Å². The van der Waals surface area contributed by atoms with Crippen LogP contribution >= 0.6 is 0 Å². The molecule has 0 atom stereocenters. The van der Waals surface area contributed by atoms with Gasteiger partial charge in [0.05, 0.1) is 13.1 Å². The minimum Gasteiger partial charge on any atom is -0.325 e. The van der Waals surface area contributed by atoms with Crippen molar-refractivity contribution in [3.8, 4) is 0 Å². The van der Waals surface area contributed by atoms with Gasteiger partial charge in [-0.05, 0) is 36.2 Å². The molecule has 6 nitrogen and oxygen atoms in total. The summed E-state index contributed by atoms with van der Waals surface area (Å²) in [5, 5.41) is 5.86. The zero-order valence-electron chi connectivity index (χ0n) is 16.4. The van der Waals surface area contributed by atoms with Crippen LogP contribution < -0.4 is 10.6 Å². The van der Waals surface area contributed by atoms with E-state index in [4.69, 9.17) is 0 Å². The van der Waals surface area contributed by atoms with Crippen molar-refractivity contribution in [3.05, 3.63) is 60.2 Å². The van der Waals surface area contributed by atoms with Crippen molar-refractivity contribution in [1.82, 2.24) is 9.80 Å². The molecule has 0 saturated carbocycles. The Hall–Kier alpha value is -2.70. The number of nitrogens with zero attached hydrogens (tertiary/aromatic N) is 2. The Balaban J connectivity index is 1.37. The SMILES string of the molecule is CCc1ccc(NC(=O)CN2CCN(CC(=O)Nc3ccccc3)CC2)cc1. The van der Waals surface area contributed by atoms with Gasteiger partial charge in [0, 0.05) is 37.6 Å². The summed E-state index contributed by atoms with van der Waals surface area (Å²) in [6, 6.07) is 17.4. The van der Waals surface area contributed by atoms with E-state index >= 15 is 0 Å². The van der Waals surface area contributed by atoms with Gasteiger partial charge in [0.25, 0.3) is 0 Å². The Morgan fingerprint density at radius 2 is 1.21 bits per heavy atom. The normalized spacial score (nSPS) is 15.2. The van der Waals surface area contributed by atoms with Crippen LogP contribution in [0.4, 0.5) is 11.4 Å². The molecule has 0 aromatic heterocycles. The van der Waals surface area contributed by atoms with Crippen molar-refractivity contribution >= 4 is 23.2 Å². The summed E-state index contributed by atoms with van der Waals surface area (Å²) in [6.45, 7) is 5.97. The smallest absolute Gasteiger partial charge is 0.238 e. The Kier molecular flexibility index (Phi) is 7.17. The maximum atomic E-state index is 12.3. The minimum atomic E-state index is -0.00656. The van der Waals surface area contributed by atoms with E-state index in [1.165, 1.54) is 5.56 Å². The summed E-state index contributed by atoms with van der Waals surface area (Å²) in [4.78, 5) is 28.7. The number of hydrogen-bond acceptors (Lipinski definition) is 4. The Labute approximate surface area is 166 Å².